The highest BCUT2D eigenvalue weighted by atomic mass is 16.5. The molecule has 1 fully saturated rings. The maximum atomic E-state index is 12.6. The molecule has 174 valence electrons. The van der Waals surface area contributed by atoms with Gasteiger partial charge in [0.1, 0.15) is 5.75 Å². The van der Waals surface area contributed by atoms with E-state index in [9.17, 15) is 9.90 Å². The maximum Gasteiger partial charge on any atom is 0.317 e. The van der Waals surface area contributed by atoms with E-state index in [2.05, 4.69) is 40.3 Å². The number of aromatic nitrogens is 1. The number of methoxy groups -OCH3 is 1. The van der Waals surface area contributed by atoms with E-state index in [0.29, 0.717) is 19.6 Å². The molecule has 5 rings (SSSR count). The zero-order valence-electron chi connectivity index (χ0n) is 19.3. The SMILES string of the molecule is CCCNC(=O)N1CC2(C1)CN(Cc1ccccc1)[C@@H](CO)c1[nH]c3cc(OC)ccc3c12. The molecule has 0 unspecified atom stereocenters. The molecule has 1 spiro atoms. The van der Waals surface area contributed by atoms with Gasteiger partial charge in [-0.2, -0.15) is 0 Å². The van der Waals surface area contributed by atoms with Gasteiger partial charge in [0.25, 0.3) is 0 Å². The molecule has 0 bridgehead atoms. The first-order chi connectivity index (χ1) is 16.1. The number of rotatable bonds is 6. The minimum absolute atomic E-state index is 0.00410. The summed E-state index contributed by atoms with van der Waals surface area (Å²) in [5, 5.41) is 14.6. The van der Waals surface area contributed by atoms with Gasteiger partial charge in [-0.15, -0.1) is 0 Å². The number of hydrogen-bond acceptors (Lipinski definition) is 4. The Bertz CT molecular complexity index is 1140. The van der Waals surface area contributed by atoms with E-state index in [1.54, 1.807) is 7.11 Å². The van der Waals surface area contributed by atoms with Crippen LogP contribution in [-0.4, -0.2) is 65.8 Å². The predicted octanol–water partition coefficient (Wildman–Crippen LogP) is 3.40. The van der Waals surface area contributed by atoms with Gasteiger partial charge in [-0.1, -0.05) is 37.3 Å². The summed E-state index contributed by atoms with van der Waals surface area (Å²) in [7, 11) is 1.67. The normalized spacial score (nSPS) is 19.4. The van der Waals surface area contributed by atoms with Crippen molar-refractivity contribution in [2.24, 2.45) is 0 Å². The molecule has 7 heteroatoms. The van der Waals surface area contributed by atoms with E-state index in [1.807, 2.05) is 35.2 Å². The molecule has 1 aromatic heterocycles. The third kappa shape index (κ3) is 3.75. The number of nitrogens with one attached hydrogen (secondary N) is 2. The molecule has 0 saturated carbocycles. The van der Waals surface area contributed by atoms with Gasteiger partial charge in [0.15, 0.2) is 0 Å². The van der Waals surface area contributed by atoms with Crippen molar-refractivity contribution in [1.29, 1.82) is 0 Å². The van der Waals surface area contributed by atoms with Gasteiger partial charge in [0.05, 0.1) is 19.8 Å². The van der Waals surface area contributed by atoms with Crippen LogP contribution in [0.25, 0.3) is 10.9 Å². The third-order valence-electron chi connectivity index (χ3n) is 7.05. The number of nitrogens with zero attached hydrogens (tertiary/aromatic N) is 2. The lowest BCUT2D eigenvalue weighted by Gasteiger charge is -2.56. The molecule has 2 amide bonds. The zero-order valence-corrected chi connectivity index (χ0v) is 19.3. The molecule has 3 N–H and O–H groups in total. The van der Waals surface area contributed by atoms with Crippen molar-refractivity contribution in [1.82, 2.24) is 20.1 Å². The van der Waals surface area contributed by atoms with Gasteiger partial charge in [0, 0.05) is 60.8 Å². The quantitative estimate of drug-likeness (QED) is 0.540. The fourth-order valence-corrected chi connectivity index (χ4v) is 5.53. The number of urea groups is 1. The van der Waals surface area contributed by atoms with Crippen LogP contribution in [-0.2, 0) is 12.0 Å². The molecule has 3 aromatic rings. The summed E-state index contributed by atoms with van der Waals surface area (Å²) in [4.78, 5) is 20.5. The minimum atomic E-state index is -0.174. The van der Waals surface area contributed by atoms with E-state index in [1.165, 1.54) is 11.1 Å². The van der Waals surface area contributed by atoms with E-state index in [-0.39, 0.29) is 24.1 Å². The highest BCUT2D eigenvalue weighted by Gasteiger charge is 2.54. The lowest BCUT2D eigenvalue weighted by molar-refractivity contribution is 0.00989. The first-order valence-corrected chi connectivity index (χ1v) is 11.7. The van der Waals surface area contributed by atoms with Crippen molar-refractivity contribution in [2.75, 3.05) is 39.9 Å². The molecule has 2 aliphatic rings. The number of likely N-dealkylation sites (tertiary alicyclic amines) is 1. The number of aliphatic hydroxyl groups excluding tert-OH is 1. The summed E-state index contributed by atoms with van der Waals surface area (Å²) < 4.78 is 5.44. The summed E-state index contributed by atoms with van der Waals surface area (Å²) in [5.41, 5.74) is 4.34. The summed E-state index contributed by atoms with van der Waals surface area (Å²) >= 11 is 0. The first-order valence-electron chi connectivity index (χ1n) is 11.7. The van der Waals surface area contributed by atoms with Crippen molar-refractivity contribution in [2.45, 2.75) is 31.3 Å². The van der Waals surface area contributed by atoms with Crippen LogP contribution in [0.2, 0.25) is 0 Å². The molecule has 7 nitrogen and oxygen atoms in total. The Morgan fingerprint density at radius 1 is 1.21 bits per heavy atom. The van der Waals surface area contributed by atoms with Crippen LogP contribution in [0.5, 0.6) is 5.75 Å². The Labute approximate surface area is 194 Å². The number of fused-ring (bicyclic) bond motifs is 4. The molecular weight excluding hydrogens is 416 g/mol. The lowest BCUT2D eigenvalue weighted by atomic mass is 9.68. The molecule has 2 aromatic carbocycles. The Morgan fingerprint density at radius 2 is 2.00 bits per heavy atom. The molecule has 1 atom stereocenters. The predicted molar refractivity (Wildman–Crippen MR) is 128 cm³/mol. The number of ether oxygens (including phenoxy) is 1. The van der Waals surface area contributed by atoms with Crippen LogP contribution < -0.4 is 10.1 Å². The number of benzene rings is 2. The summed E-state index contributed by atoms with van der Waals surface area (Å²) in [6.07, 6.45) is 0.919. The summed E-state index contributed by atoms with van der Waals surface area (Å²) in [5.74, 6) is 0.797. The van der Waals surface area contributed by atoms with Crippen molar-refractivity contribution in [3.05, 3.63) is 65.4 Å². The van der Waals surface area contributed by atoms with Crippen molar-refractivity contribution < 1.29 is 14.6 Å². The van der Waals surface area contributed by atoms with Crippen LogP contribution in [0.4, 0.5) is 4.79 Å². The van der Waals surface area contributed by atoms with Gasteiger partial charge < -0.3 is 25.0 Å². The monoisotopic (exact) mass is 448 g/mol. The minimum Gasteiger partial charge on any atom is -0.497 e. The maximum absolute atomic E-state index is 12.6. The van der Waals surface area contributed by atoms with Gasteiger partial charge in [-0.25, -0.2) is 4.79 Å². The average Bonchev–Trinajstić information content (AvgIpc) is 3.20. The molecule has 0 radical (unpaired) electrons. The number of aromatic amines is 1. The molecule has 33 heavy (non-hydrogen) atoms. The Morgan fingerprint density at radius 3 is 2.70 bits per heavy atom. The number of aliphatic hydroxyl groups is 1. The van der Waals surface area contributed by atoms with E-state index < -0.39 is 0 Å². The Kier molecular flexibility index (Phi) is 5.76. The first kappa shape index (κ1) is 21.8. The van der Waals surface area contributed by atoms with Gasteiger partial charge in [-0.3, -0.25) is 4.90 Å². The fraction of sp³-hybridized carbons (Fsp3) is 0.423. The Balaban J connectivity index is 1.55. The van der Waals surface area contributed by atoms with Crippen molar-refractivity contribution in [3.63, 3.8) is 0 Å². The van der Waals surface area contributed by atoms with Crippen molar-refractivity contribution in [3.8, 4) is 5.75 Å². The second-order valence-corrected chi connectivity index (χ2v) is 9.28. The van der Waals surface area contributed by atoms with E-state index >= 15 is 0 Å². The third-order valence-corrected chi connectivity index (χ3v) is 7.05. The molecular formula is C26H32N4O3. The van der Waals surface area contributed by atoms with Crippen LogP contribution in [0.1, 0.15) is 36.2 Å². The molecule has 1 saturated heterocycles. The van der Waals surface area contributed by atoms with Gasteiger partial charge in [0.2, 0.25) is 0 Å². The summed E-state index contributed by atoms with van der Waals surface area (Å²) in [6, 6.07) is 16.3. The van der Waals surface area contributed by atoms with E-state index in [4.69, 9.17) is 4.74 Å². The largest absolute Gasteiger partial charge is 0.497 e. The lowest BCUT2D eigenvalue weighted by Crippen LogP contribution is -2.68. The van der Waals surface area contributed by atoms with Crippen LogP contribution in [0, 0.1) is 0 Å². The second kappa shape index (κ2) is 8.72. The highest BCUT2D eigenvalue weighted by molar-refractivity contribution is 5.88. The highest BCUT2D eigenvalue weighted by Crippen LogP contribution is 2.48. The van der Waals surface area contributed by atoms with Crippen LogP contribution in [0.15, 0.2) is 48.5 Å². The second-order valence-electron chi connectivity index (χ2n) is 9.28. The number of H-pyrrole nitrogens is 1. The van der Waals surface area contributed by atoms with Crippen LogP contribution >= 0.6 is 0 Å². The molecule has 0 aliphatic carbocycles. The molecule has 3 heterocycles. The number of hydrogen-bond donors (Lipinski definition) is 3. The fourth-order valence-electron chi connectivity index (χ4n) is 5.53. The zero-order chi connectivity index (χ0) is 23.0. The number of carbonyl (C=O) groups excluding carboxylic acids is 1. The smallest absolute Gasteiger partial charge is 0.317 e. The molecule has 2 aliphatic heterocycles. The average molecular weight is 449 g/mol. The topological polar surface area (TPSA) is 80.8 Å². The van der Waals surface area contributed by atoms with Gasteiger partial charge >= 0.3 is 6.03 Å². The summed E-state index contributed by atoms with van der Waals surface area (Å²) in [6.45, 7) is 5.64. The number of carbonyl (C=O) groups is 1. The standard InChI is InChI=1S/C26H32N4O3/c1-3-11-27-25(32)30-16-26(17-30)15-29(13-18-7-5-4-6-8-18)22(14-31)24-23(26)20-10-9-19(33-2)12-21(20)28-24/h4-10,12,22,28,31H,3,11,13-17H2,1-2H3,(H,27,32)/t22-/m0/s1. The van der Waals surface area contributed by atoms with Gasteiger partial charge in [-0.05, 0) is 29.7 Å². The van der Waals surface area contributed by atoms with E-state index in [0.717, 1.165) is 41.9 Å². The Hall–Kier alpha value is -3.03. The number of amides is 2. The van der Waals surface area contributed by atoms with Crippen LogP contribution in [0.3, 0.4) is 0 Å². The van der Waals surface area contributed by atoms with Crippen molar-refractivity contribution >= 4 is 16.9 Å².